The highest BCUT2D eigenvalue weighted by atomic mass is 28.4. The molecule has 1 spiro atoms. The van der Waals surface area contributed by atoms with Gasteiger partial charge in [0.2, 0.25) is 5.91 Å². The van der Waals surface area contributed by atoms with E-state index in [0.717, 1.165) is 12.1 Å². The number of anilines is 1. The molecule has 4 heterocycles. The van der Waals surface area contributed by atoms with E-state index in [1.807, 2.05) is 0 Å². The van der Waals surface area contributed by atoms with Crippen LogP contribution in [0.15, 0.2) is 18.2 Å². The highest BCUT2D eigenvalue weighted by Crippen LogP contribution is 2.66. The van der Waals surface area contributed by atoms with Gasteiger partial charge in [0.05, 0.1) is 41.4 Å². The first kappa shape index (κ1) is 25.4. The molecule has 4 aliphatic rings. The van der Waals surface area contributed by atoms with Gasteiger partial charge in [-0.3, -0.25) is 14.5 Å². The van der Waals surface area contributed by atoms with E-state index in [9.17, 15) is 22.8 Å². The van der Waals surface area contributed by atoms with Crippen LogP contribution in [0.4, 0.5) is 18.9 Å². The number of hydrogen-bond donors (Lipinski definition) is 0. The molecule has 0 aromatic heterocycles. The van der Waals surface area contributed by atoms with Crippen LogP contribution in [0.2, 0.25) is 18.1 Å². The number of fused-ring (bicyclic) bond motifs is 2. The number of benzene rings is 1. The predicted octanol–water partition coefficient (Wildman–Crippen LogP) is 4.40. The van der Waals surface area contributed by atoms with Crippen molar-refractivity contribution in [2.24, 2.45) is 11.8 Å². The van der Waals surface area contributed by atoms with Crippen molar-refractivity contribution in [2.75, 3.05) is 11.5 Å². The van der Waals surface area contributed by atoms with Crippen LogP contribution in [-0.2, 0) is 29.7 Å². The largest absolute Gasteiger partial charge is 0.417 e. The molecule has 6 atom stereocenters. The summed E-state index contributed by atoms with van der Waals surface area (Å²) >= 11 is 0. The summed E-state index contributed by atoms with van der Waals surface area (Å²) in [7, 11) is -2.35. The van der Waals surface area contributed by atoms with Gasteiger partial charge in [-0.05, 0) is 36.3 Å². The number of carbonyl (C=O) groups excluding carboxylic acids is 2. The topological polar surface area (TPSA) is 88.9 Å². The average Bonchev–Trinajstić information content (AvgIpc) is 3.37. The summed E-state index contributed by atoms with van der Waals surface area (Å²) in [5.74, 6) is -1.98. The summed E-state index contributed by atoms with van der Waals surface area (Å²) in [6.07, 6.45) is -4.74. The number of nitrogens with zero attached hydrogens (tertiary/aromatic N) is 2. The van der Waals surface area contributed by atoms with Crippen LogP contribution >= 0.6 is 0 Å². The van der Waals surface area contributed by atoms with Crippen LogP contribution in [-0.4, -0.2) is 50.7 Å². The maximum Gasteiger partial charge on any atom is 0.417 e. The Morgan fingerprint density at radius 3 is 2.56 bits per heavy atom. The monoisotopic (exact) mass is 522 g/mol. The maximum atomic E-state index is 13.9. The van der Waals surface area contributed by atoms with Crippen LogP contribution < -0.4 is 4.90 Å². The fraction of sp³-hybridized carbons (Fsp3) is 0.640. The Labute approximate surface area is 208 Å². The molecule has 0 unspecified atom stereocenters. The minimum Gasteiger partial charge on any atom is -0.410 e. The van der Waals surface area contributed by atoms with E-state index in [4.69, 9.17) is 19.2 Å². The SMILES string of the molecule is CC(C)(C)[Si](C)(C)O[C@H]1C[C@@]23CCO[C@H]4[C@@H]2[C@H](C(=O)N4c2ccc(C#N)c(C(F)(F)F)c2)[C@]1(C=O)O3. The van der Waals surface area contributed by atoms with Gasteiger partial charge >= 0.3 is 6.18 Å². The molecule has 4 aliphatic heterocycles. The van der Waals surface area contributed by atoms with Crippen molar-refractivity contribution in [3.8, 4) is 6.07 Å². The van der Waals surface area contributed by atoms with Crippen LogP contribution in [0, 0.1) is 23.2 Å². The summed E-state index contributed by atoms with van der Waals surface area (Å²) in [6, 6.07) is 4.74. The van der Waals surface area contributed by atoms with Crippen LogP contribution in [0.5, 0.6) is 0 Å². The number of alkyl halides is 3. The van der Waals surface area contributed by atoms with Crippen LogP contribution in [0.3, 0.4) is 0 Å². The molecule has 1 amide bonds. The Morgan fingerprint density at radius 1 is 1.28 bits per heavy atom. The minimum atomic E-state index is -4.78. The molecule has 0 aliphatic carbocycles. The molecule has 36 heavy (non-hydrogen) atoms. The van der Waals surface area contributed by atoms with Gasteiger partial charge in [0.1, 0.15) is 6.23 Å². The summed E-state index contributed by atoms with van der Waals surface area (Å²) in [5.41, 5.74) is -4.05. The Bertz CT molecular complexity index is 1180. The van der Waals surface area contributed by atoms with E-state index in [-0.39, 0.29) is 17.3 Å². The molecule has 7 nitrogen and oxygen atoms in total. The van der Waals surface area contributed by atoms with Gasteiger partial charge in [-0.2, -0.15) is 18.4 Å². The van der Waals surface area contributed by atoms with E-state index < -0.39 is 66.9 Å². The van der Waals surface area contributed by atoms with Crippen molar-refractivity contribution in [1.29, 1.82) is 5.26 Å². The average molecular weight is 523 g/mol. The second kappa shape index (κ2) is 7.63. The zero-order valence-electron chi connectivity index (χ0n) is 20.8. The number of amides is 1. The number of aldehydes is 1. The van der Waals surface area contributed by atoms with Gasteiger partial charge in [-0.1, -0.05) is 20.8 Å². The summed E-state index contributed by atoms with van der Waals surface area (Å²) in [4.78, 5) is 27.9. The van der Waals surface area contributed by atoms with Crippen molar-refractivity contribution >= 4 is 26.2 Å². The smallest absolute Gasteiger partial charge is 0.410 e. The summed E-state index contributed by atoms with van der Waals surface area (Å²) in [5, 5.41) is 9.02. The highest BCUT2D eigenvalue weighted by Gasteiger charge is 2.80. The van der Waals surface area contributed by atoms with E-state index in [1.54, 1.807) is 6.07 Å². The third kappa shape index (κ3) is 3.27. The number of carbonyl (C=O) groups is 2. The normalized spacial score (nSPS) is 35.6. The van der Waals surface area contributed by atoms with Gasteiger partial charge in [0.15, 0.2) is 20.2 Å². The zero-order chi connectivity index (χ0) is 26.5. The van der Waals surface area contributed by atoms with E-state index >= 15 is 0 Å². The van der Waals surface area contributed by atoms with Gasteiger partial charge in [0, 0.05) is 24.4 Å². The lowest BCUT2D eigenvalue weighted by molar-refractivity contribution is -0.154. The highest BCUT2D eigenvalue weighted by molar-refractivity contribution is 6.74. The van der Waals surface area contributed by atoms with E-state index in [2.05, 4.69) is 33.9 Å². The van der Waals surface area contributed by atoms with Crippen LogP contribution in [0.1, 0.15) is 44.7 Å². The van der Waals surface area contributed by atoms with Crippen molar-refractivity contribution in [2.45, 2.75) is 81.5 Å². The number of halogens is 3. The van der Waals surface area contributed by atoms with Crippen molar-refractivity contribution < 1.29 is 36.7 Å². The molecule has 0 radical (unpaired) electrons. The molecule has 5 rings (SSSR count). The van der Waals surface area contributed by atoms with Gasteiger partial charge in [0.25, 0.3) is 0 Å². The maximum absolute atomic E-state index is 13.9. The first-order chi connectivity index (χ1) is 16.6. The predicted molar refractivity (Wildman–Crippen MR) is 124 cm³/mol. The fourth-order valence-corrected chi connectivity index (χ4v) is 7.50. The van der Waals surface area contributed by atoms with Gasteiger partial charge < -0.3 is 13.9 Å². The van der Waals surface area contributed by atoms with Crippen molar-refractivity contribution in [3.05, 3.63) is 29.3 Å². The van der Waals surface area contributed by atoms with Crippen molar-refractivity contribution in [1.82, 2.24) is 0 Å². The van der Waals surface area contributed by atoms with Crippen molar-refractivity contribution in [3.63, 3.8) is 0 Å². The molecule has 4 fully saturated rings. The second-order valence-corrected chi connectivity index (χ2v) is 16.5. The quantitative estimate of drug-likeness (QED) is 0.430. The Morgan fingerprint density at radius 2 is 1.97 bits per heavy atom. The van der Waals surface area contributed by atoms with E-state index in [1.165, 1.54) is 11.0 Å². The van der Waals surface area contributed by atoms with Gasteiger partial charge in [-0.25, -0.2) is 0 Å². The van der Waals surface area contributed by atoms with Crippen LogP contribution in [0.25, 0.3) is 0 Å². The minimum absolute atomic E-state index is 0.0231. The second-order valence-electron chi connectivity index (χ2n) is 11.8. The first-order valence-corrected chi connectivity index (χ1v) is 14.9. The molecule has 2 bridgehead atoms. The molecule has 1 aromatic carbocycles. The summed E-state index contributed by atoms with van der Waals surface area (Å²) in [6.45, 7) is 10.6. The molecule has 1 aromatic rings. The lowest BCUT2D eigenvalue weighted by Gasteiger charge is -2.45. The Balaban J connectivity index is 1.58. The first-order valence-electron chi connectivity index (χ1n) is 12.0. The number of ether oxygens (including phenoxy) is 2. The van der Waals surface area contributed by atoms with E-state index in [0.29, 0.717) is 19.1 Å². The molecule has 194 valence electrons. The molecular formula is C25H29F3N2O5Si. The number of nitriles is 1. The number of hydrogen-bond acceptors (Lipinski definition) is 6. The Hall–Kier alpha value is -2.26. The third-order valence-corrected chi connectivity index (χ3v) is 13.4. The van der Waals surface area contributed by atoms with Gasteiger partial charge in [-0.15, -0.1) is 0 Å². The lowest BCUT2D eigenvalue weighted by Crippen LogP contribution is -2.58. The zero-order valence-corrected chi connectivity index (χ0v) is 21.8. The molecule has 11 heteroatoms. The molecule has 0 N–H and O–H groups in total. The summed E-state index contributed by atoms with van der Waals surface area (Å²) < 4.78 is 60.1. The fourth-order valence-electron chi connectivity index (χ4n) is 6.17. The number of rotatable bonds is 4. The molecular weight excluding hydrogens is 493 g/mol. The molecule has 4 saturated heterocycles. The lowest BCUT2D eigenvalue weighted by atomic mass is 9.65. The third-order valence-electron chi connectivity index (χ3n) is 8.88. The molecule has 0 saturated carbocycles. The Kier molecular flexibility index (Phi) is 5.38. The standard InChI is InChI=1S/C25H29F3N2O5Si/c1-22(2,3)36(4,5)34-17-11-23-8-9-33-21-19(23)18(24(17,13-31)35-23)20(32)30(21)15-7-6-14(12-29)16(10-15)25(26,27)28/h6-7,10,13,17-19,21H,8-9,11H2,1-5H3/t17-,18+,19-,21-,23-,24+/m0/s1.